The molecule has 1 atom stereocenters. The maximum atomic E-state index is 11.7. The van der Waals surface area contributed by atoms with Gasteiger partial charge in [-0.25, -0.2) is 0 Å². The molecule has 1 unspecified atom stereocenters. The lowest BCUT2D eigenvalue weighted by Crippen LogP contribution is -2.45. The third-order valence-electron chi connectivity index (χ3n) is 2.49. The van der Waals surface area contributed by atoms with Gasteiger partial charge in [0.15, 0.2) is 0 Å². The summed E-state index contributed by atoms with van der Waals surface area (Å²) >= 11 is 0. The molecular formula is C11H16N2O3. The standard InChI is InChI=1S/C11H16N2O3/c1-8-4-9(7-16-8)11(14)13-6-10-5-12-2-3-15-10/h4,7,10,12H,2-3,5-6H2,1H3,(H,13,14). The largest absolute Gasteiger partial charge is 0.469 e. The Morgan fingerprint density at radius 2 is 2.56 bits per heavy atom. The highest BCUT2D eigenvalue weighted by Crippen LogP contribution is 2.05. The summed E-state index contributed by atoms with van der Waals surface area (Å²) in [6.07, 6.45) is 1.52. The van der Waals surface area contributed by atoms with Gasteiger partial charge in [-0.05, 0) is 13.0 Å². The normalized spacial score (nSPS) is 20.7. The Morgan fingerprint density at radius 3 is 3.19 bits per heavy atom. The topological polar surface area (TPSA) is 63.5 Å². The summed E-state index contributed by atoms with van der Waals surface area (Å²) in [5.41, 5.74) is 0.557. The molecule has 0 aliphatic carbocycles. The van der Waals surface area contributed by atoms with E-state index in [2.05, 4.69) is 10.6 Å². The third-order valence-corrected chi connectivity index (χ3v) is 2.49. The Hall–Kier alpha value is -1.33. The predicted molar refractivity (Wildman–Crippen MR) is 58.4 cm³/mol. The highest BCUT2D eigenvalue weighted by atomic mass is 16.5. The lowest BCUT2D eigenvalue weighted by Gasteiger charge is -2.23. The summed E-state index contributed by atoms with van der Waals surface area (Å²) in [7, 11) is 0. The van der Waals surface area contributed by atoms with Crippen molar-refractivity contribution in [1.29, 1.82) is 0 Å². The zero-order valence-electron chi connectivity index (χ0n) is 9.29. The number of furan rings is 1. The number of ether oxygens (including phenoxy) is 1. The fourth-order valence-electron chi connectivity index (χ4n) is 1.62. The molecule has 1 amide bonds. The molecule has 1 aliphatic rings. The number of carbonyl (C=O) groups excluding carboxylic acids is 1. The van der Waals surface area contributed by atoms with E-state index in [1.165, 1.54) is 6.26 Å². The smallest absolute Gasteiger partial charge is 0.254 e. The molecule has 2 N–H and O–H groups in total. The van der Waals surface area contributed by atoms with E-state index in [4.69, 9.17) is 9.15 Å². The summed E-state index contributed by atoms with van der Waals surface area (Å²) in [4.78, 5) is 11.7. The van der Waals surface area contributed by atoms with Crippen molar-refractivity contribution in [3.8, 4) is 0 Å². The van der Waals surface area contributed by atoms with E-state index in [0.717, 1.165) is 18.8 Å². The van der Waals surface area contributed by atoms with Gasteiger partial charge in [-0.2, -0.15) is 0 Å². The fraction of sp³-hybridized carbons (Fsp3) is 0.545. The van der Waals surface area contributed by atoms with Crippen LogP contribution in [0.1, 0.15) is 16.1 Å². The van der Waals surface area contributed by atoms with Crippen LogP contribution in [0.25, 0.3) is 0 Å². The molecular weight excluding hydrogens is 208 g/mol. The van der Waals surface area contributed by atoms with Gasteiger partial charge in [-0.15, -0.1) is 0 Å². The zero-order valence-corrected chi connectivity index (χ0v) is 9.29. The molecule has 0 saturated carbocycles. The summed E-state index contributed by atoms with van der Waals surface area (Å²) in [6, 6.07) is 1.72. The van der Waals surface area contributed by atoms with Crippen LogP contribution in [-0.2, 0) is 4.74 Å². The molecule has 1 saturated heterocycles. The highest BCUT2D eigenvalue weighted by molar-refractivity contribution is 5.93. The Morgan fingerprint density at radius 1 is 1.69 bits per heavy atom. The van der Waals surface area contributed by atoms with Crippen LogP contribution < -0.4 is 10.6 Å². The van der Waals surface area contributed by atoms with Crippen molar-refractivity contribution in [3.63, 3.8) is 0 Å². The Balaban J connectivity index is 1.79. The highest BCUT2D eigenvalue weighted by Gasteiger charge is 2.15. The molecule has 1 aliphatic heterocycles. The van der Waals surface area contributed by atoms with Crippen LogP contribution in [0.15, 0.2) is 16.7 Å². The average Bonchev–Trinajstić information content (AvgIpc) is 2.74. The van der Waals surface area contributed by atoms with E-state index in [0.29, 0.717) is 18.7 Å². The van der Waals surface area contributed by atoms with Crippen LogP contribution in [-0.4, -0.2) is 38.3 Å². The third kappa shape index (κ3) is 2.84. The van der Waals surface area contributed by atoms with Gasteiger partial charge < -0.3 is 19.8 Å². The number of amides is 1. The maximum absolute atomic E-state index is 11.7. The molecule has 5 heteroatoms. The molecule has 0 spiro atoms. The predicted octanol–water partition coefficient (Wildman–Crippen LogP) is 0.306. The van der Waals surface area contributed by atoms with Gasteiger partial charge in [0, 0.05) is 19.6 Å². The number of rotatable bonds is 3. The van der Waals surface area contributed by atoms with Crippen LogP contribution >= 0.6 is 0 Å². The first-order valence-corrected chi connectivity index (χ1v) is 5.41. The van der Waals surface area contributed by atoms with Crippen molar-refractivity contribution in [2.24, 2.45) is 0 Å². The minimum absolute atomic E-state index is 0.0608. The summed E-state index contributed by atoms with van der Waals surface area (Å²) < 4.78 is 10.5. The number of nitrogens with one attached hydrogen (secondary N) is 2. The van der Waals surface area contributed by atoms with E-state index < -0.39 is 0 Å². The number of hydrogen-bond acceptors (Lipinski definition) is 4. The lowest BCUT2D eigenvalue weighted by molar-refractivity contribution is 0.0287. The van der Waals surface area contributed by atoms with E-state index in [-0.39, 0.29) is 12.0 Å². The van der Waals surface area contributed by atoms with Crippen LogP contribution in [0.3, 0.4) is 0 Å². The van der Waals surface area contributed by atoms with Gasteiger partial charge in [0.2, 0.25) is 0 Å². The van der Waals surface area contributed by atoms with Crippen LogP contribution in [0.4, 0.5) is 0 Å². The second-order valence-corrected chi connectivity index (χ2v) is 3.85. The molecule has 88 valence electrons. The molecule has 16 heavy (non-hydrogen) atoms. The quantitative estimate of drug-likeness (QED) is 0.775. The van der Waals surface area contributed by atoms with Crippen LogP contribution in [0.2, 0.25) is 0 Å². The Bertz CT molecular complexity index is 356. The Labute approximate surface area is 94.1 Å². The molecule has 1 aromatic heterocycles. The summed E-state index contributed by atoms with van der Waals surface area (Å²) in [5, 5.41) is 6.03. The van der Waals surface area contributed by atoms with E-state index >= 15 is 0 Å². The molecule has 1 fully saturated rings. The van der Waals surface area contributed by atoms with Crippen molar-refractivity contribution in [2.45, 2.75) is 13.0 Å². The van der Waals surface area contributed by atoms with Gasteiger partial charge in [0.05, 0.1) is 18.3 Å². The van der Waals surface area contributed by atoms with Crippen molar-refractivity contribution < 1.29 is 13.9 Å². The summed E-state index contributed by atoms with van der Waals surface area (Å²) in [5.74, 6) is 0.617. The van der Waals surface area contributed by atoms with Gasteiger partial charge in [-0.1, -0.05) is 0 Å². The second-order valence-electron chi connectivity index (χ2n) is 3.85. The van der Waals surface area contributed by atoms with Crippen molar-refractivity contribution in [2.75, 3.05) is 26.2 Å². The molecule has 1 aromatic rings. The maximum Gasteiger partial charge on any atom is 0.254 e. The number of morpholine rings is 1. The molecule has 5 nitrogen and oxygen atoms in total. The zero-order chi connectivity index (χ0) is 11.4. The van der Waals surface area contributed by atoms with Gasteiger partial charge in [0.25, 0.3) is 5.91 Å². The number of carbonyl (C=O) groups is 1. The van der Waals surface area contributed by atoms with Crippen LogP contribution in [0.5, 0.6) is 0 Å². The minimum Gasteiger partial charge on any atom is -0.469 e. The molecule has 0 aromatic carbocycles. The molecule has 0 radical (unpaired) electrons. The second kappa shape index (κ2) is 5.14. The number of aryl methyl sites for hydroxylation is 1. The summed E-state index contributed by atoms with van der Waals surface area (Å²) in [6.45, 7) is 4.70. The molecule has 0 bridgehead atoms. The fourth-order valence-corrected chi connectivity index (χ4v) is 1.62. The molecule has 2 rings (SSSR count). The minimum atomic E-state index is -0.119. The van der Waals surface area contributed by atoms with Gasteiger partial charge >= 0.3 is 0 Å². The first-order chi connectivity index (χ1) is 7.75. The van der Waals surface area contributed by atoms with Crippen molar-refractivity contribution in [3.05, 3.63) is 23.7 Å². The molecule has 2 heterocycles. The lowest BCUT2D eigenvalue weighted by atomic mass is 10.2. The van der Waals surface area contributed by atoms with Crippen LogP contribution in [0, 0.1) is 6.92 Å². The SMILES string of the molecule is Cc1cc(C(=O)NCC2CNCCO2)co1. The first kappa shape index (κ1) is 11.2. The number of hydrogen-bond donors (Lipinski definition) is 2. The first-order valence-electron chi connectivity index (χ1n) is 5.41. The monoisotopic (exact) mass is 224 g/mol. The van der Waals surface area contributed by atoms with E-state index in [1.54, 1.807) is 6.07 Å². The van der Waals surface area contributed by atoms with Crippen molar-refractivity contribution >= 4 is 5.91 Å². The average molecular weight is 224 g/mol. The Kier molecular flexibility index (Phi) is 3.58. The van der Waals surface area contributed by atoms with Gasteiger partial charge in [-0.3, -0.25) is 4.79 Å². The van der Waals surface area contributed by atoms with E-state index in [1.807, 2.05) is 6.92 Å². The van der Waals surface area contributed by atoms with Gasteiger partial charge in [0.1, 0.15) is 12.0 Å². The van der Waals surface area contributed by atoms with Crippen molar-refractivity contribution in [1.82, 2.24) is 10.6 Å². The van der Waals surface area contributed by atoms with E-state index in [9.17, 15) is 4.79 Å².